The van der Waals surface area contributed by atoms with Gasteiger partial charge in [0.1, 0.15) is 23.2 Å². The van der Waals surface area contributed by atoms with Crippen molar-refractivity contribution in [2.45, 2.75) is 17.3 Å². The number of benzene rings is 1. The Balaban J connectivity index is 1.73. The number of pyridine rings is 2. The maximum Gasteiger partial charge on any atom is 0.418 e. The van der Waals surface area contributed by atoms with Crippen molar-refractivity contribution < 1.29 is 35.8 Å². The third-order valence-corrected chi connectivity index (χ3v) is 6.28. The fourth-order valence-electron chi connectivity index (χ4n) is 3.38. The normalized spacial score (nSPS) is 14.6. The number of ether oxygens (including phenoxy) is 1. The lowest BCUT2D eigenvalue weighted by Crippen LogP contribution is -2.51. The average molecular weight is 498 g/mol. The van der Waals surface area contributed by atoms with Crippen LogP contribution in [0.5, 0.6) is 5.75 Å². The predicted molar refractivity (Wildman–Crippen MR) is 114 cm³/mol. The average Bonchev–Trinajstić information content (AvgIpc) is 2.76. The monoisotopic (exact) mass is 498 g/mol. The van der Waals surface area contributed by atoms with Gasteiger partial charge >= 0.3 is 6.18 Å². The van der Waals surface area contributed by atoms with E-state index >= 15 is 0 Å². The summed E-state index contributed by atoms with van der Waals surface area (Å²) >= 11 is 0. The molecule has 4 rings (SSSR count). The summed E-state index contributed by atoms with van der Waals surface area (Å²) in [6, 6.07) is 8.70. The molecule has 3 heterocycles. The molecular formula is C21H18F4N4O4S. The van der Waals surface area contributed by atoms with Crippen molar-refractivity contribution in [2.75, 3.05) is 29.8 Å². The highest BCUT2D eigenvalue weighted by Crippen LogP contribution is 2.40. The molecule has 0 saturated carbocycles. The molecule has 0 unspecified atom stereocenters. The van der Waals surface area contributed by atoms with Crippen molar-refractivity contribution in [3.8, 4) is 17.0 Å². The number of halogens is 4. The van der Waals surface area contributed by atoms with Crippen molar-refractivity contribution >= 4 is 21.7 Å². The molecule has 2 N–H and O–H groups in total. The zero-order valence-corrected chi connectivity index (χ0v) is 18.4. The number of aliphatic hydroxyl groups is 1. The van der Waals surface area contributed by atoms with Crippen LogP contribution in [-0.4, -0.2) is 49.8 Å². The summed E-state index contributed by atoms with van der Waals surface area (Å²) in [5.74, 6) is -1.01. The van der Waals surface area contributed by atoms with E-state index in [2.05, 4.69) is 14.7 Å². The molecule has 13 heteroatoms. The molecule has 0 spiro atoms. The lowest BCUT2D eigenvalue weighted by atomic mass is 10.0. The number of nitrogens with one attached hydrogen (secondary N) is 1. The first-order chi connectivity index (χ1) is 16.0. The smallest absolute Gasteiger partial charge is 0.418 e. The SMILES string of the molecule is COc1ccc(F)cc1-c1nc(NS(=O)(=O)c2cccc(N3CC(O)C3)n2)ccc1C(F)(F)F. The minimum absolute atomic E-state index is 0.0782. The predicted octanol–water partition coefficient (Wildman–Crippen LogP) is 3.29. The number of sulfonamides is 1. The lowest BCUT2D eigenvalue weighted by molar-refractivity contribution is -0.137. The molecular weight excluding hydrogens is 480 g/mol. The molecule has 1 aliphatic rings. The fraction of sp³-hybridized carbons (Fsp3) is 0.238. The summed E-state index contributed by atoms with van der Waals surface area (Å²) in [7, 11) is -3.14. The van der Waals surface area contributed by atoms with E-state index in [9.17, 15) is 31.1 Å². The molecule has 1 fully saturated rings. The maximum absolute atomic E-state index is 13.8. The van der Waals surface area contributed by atoms with Crippen LogP contribution in [0.25, 0.3) is 11.3 Å². The van der Waals surface area contributed by atoms with Crippen molar-refractivity contribution in [1.29, 1.82) is 0 Å². The molecule has 0 radical (unpaired) electrons. The van der Waals surface area contributed by atoms with Crippen LogP contribution < -0.4 is 14.4 Å². The van der Waals surface area contributed by atoms with Crippen LogP contribution in [0.2, 0.25) is 0 Å². The summed E-state index contributed by atoms with van der Waals surface area (Å²) in [5, 5.41) is 9.05. The largest absolute Gasteiger partial charge is 0.496 e. The van der Waals surface area contributed by atoms with Gasteiger partial charge in [0.2, 0.25) is 0 Å². The number of aliphatic hydroxyl groups excluding tert-OH is 1. The van der Waals surface area contributed by atoms with Gasteiger partial charge in [-0.25, -0.2) is 14.4 Å². The summed E-state index contributed by atoms with van der Waals surface area (Å²) in [5.41, 5.74) is -2.21. The van der Waals surface area contributed by atoms with Crippen LogP contribution in [0.1, 0.15) is 5.56 Å². The van der Waals surface area contributed by atoms with E-state index in [1.165, 1.54) is 19.2 Å². The van der Waals surface area contributed by atoms with E-state index in [1.54, 1.807) is 11.0 Å². The van der Waals surface area contributed by atoms with Crippen LogP contribution in [0.15, 0.2) is 53.6 Å². The van der Waals surface area contributed by atoms with Crippen molar-refractivity contribution in [1.82, 2.24) is 9.97 Å². The number of rotatable bonds is 6. The van der Waals surface area contributed by atoms with Gasteiger partial charge in [-0.05, 0) is 42.5 Å². The molecule has 0 atom stereocenters. The molecule has 180 valence electrons. The maximum atomic E-state index is 13.8. The molecule has 8 nitrogen and oxygen atoms in total. The number of β-amino-alcohol motifs (C(OH)–C–C–N with tert-alkyl or cyclic N) is 1. The van der Waals surface area contributed by atoms with E-state index in [4.69, 9.17) is 4.74 Å². The van der Waals surface area contributed by atoms with Crippen LogP contribution in [0.3, 0.4) is 0 Å². The highest BCUT2D eigenvalue weighted by atomic mass is 32.2. The first-order valence-electron chi connectivity index (χ1n) is 9.83. The molecule has 1 aromatic carbocycles. The van der Waals surface area contributed by atoms with Crippen molar-refractivity contribution in [3.05, 3.63) is 59.9 Å². The number of alkyl halides is 3. The van der Waals surface area contributed by atoms with Gasteiger partial charge < -0.3 is 14.7 Å². The van der Waals surface area contributed by atoms with E-state index in [0.717, 1.165) is 24.3 Å². The zero-order valence-electron chi connectivity index (χ0n) is 17.5. The summed E-state index contributed by atoms with van der Waals surface area (Å²) in [4.78, 5) is 9.56. The first-order valence-corrected chi connectivity index (χ1v) is 11.3. The summed E-state index contributed by atoms with van der Waals surface area (Å²) < 4.78 is 87.7. The van der Waals surface area contributed by atoms with Crippen LogP contribution >= 0.6 is 0 Å². The number of aromatic nitrogens is 2. The van der Waals surface area contributed by atoms with Crippen LogP contribution in [-0.2, 0) is 16.2 Å². The molecule has 1 aliphatic heterocycles. The second-order valence-electron chi connectivity index (χ2n) is 7.43. The van der Waals surface area contributed by atoms with Gasteiger partial charge in [-0.2, -0.15) is 21.6 Å². The Bertz CT molecular complexity index is 1330. The molecule has 0 aliphatic carbocycles. The van der Waals surface area contributed by atoms with E-state index in [-0.39, 0.29) is 11.3 Å². The van der Waals surface area contributed by atoms with E-state index < -0.39 is 50.2 Å². The third-order valence-electron chi connectivity index (χ3n) is 5.03. The van der Waals surface area contributed by atoms with Gasteiger partial charge in [0.05, 0.1) is 24.5 Å². The Morgan fingerprint density at radius 3 is 2.50 bits per heavy atom. The summed E-state index contributed by atoms with van der Waals surface area (Å²) in [6.45, 7) is 0.590. The van der Waals surface area contributed by atoms with E-state index in [0.29, 0.717) is 25.0 Å². The Morgan fingerprint density at radius 2 is 1.85 bits per heavy atom. The lowest BCUT2D eigenvalue weighted by Gasteiger charge is -2.36. The Kier molecular flexibility index (Phi) is 6.08. The van der Waals surface area contributed by atoms with Gasteiger partial charge in [-0.3, -0.25) is 4.72 Å². The Hall–Kier alpha value is -3.45. The highest BCUT2D eigenvalue weighted by Gasteiger charge is 2.36. The van der Waals surface area contributed by atoms with Gasteiger partial charge in [0.15, 0.2) is 5.03 Å². The highest BCUT2D eigenvalue weighted by molar-refractivity contribution is 7.92. The van der Waals surface area contributed by atoms with Gasteiger partial charge in [0, 0.05) is 18.7 Å². The quantitative estimate of drug-likeness (QED) is 0.503. The van der Waals surface area contributed by atoms with Gasteiger partial charge in [0.25, 0.3) is 10.0 Å². The topological polar surface area (TPSA) is 105 Å². The second kappa shape index (κ2) is 8.72. The second-order valence-corrected chi connectivity index (χ2v) is 9.06. The van der Waals surface area contributed by atoms with Crippen molar-refractivity contribution in [3.63, 3.8) is 0 Å². The minimum Gasteiger partial charge on any atom is -0.496 e. The zero-order chi connectivity index (χ0) is 24.7. The van der Waals surface area contributed by atoms with Crippen LogP contribution in [0, 0.1) is 5.82 Å². The summed E-state index contributed by atoms with van der Waals surface area (Å²) in [6.07, 6.45) is -5.39. The minimum atomic E-state index is -4.85. The van der Waals surface area contributed by atoms with Crippen LogP contribution in [0.4, 0.5) is 29.2 Å². The van der Waals surface area contributed by atoms with Crippen molar-refractivity contribution in [2.24, 2.45) is 0 Å². The number of hydrogen-bond donors (Lipinski definition) is 2. The first kappa shape index (κ1) is 23.7. The molecule has 0 bridgehead atoms. The number of methoxy groups -OCH3 is 1. The fourth-order valence-corrected chi connectivity index (χ4v) is 4.34. The Morgan fingerprint density at radius 1 is 1.12 bits per heavy atom. The molecule has 34 heavy (non-hydrogen) atoms. The molecule has 3 aromatic rings. The third kappa shape index (κ3) is 4.75. The number of nitrogens with zero attached hydrogens (tertiary/aromatic N) is 3. The number of anilines is 2. The molecule has 2 aromatic heterocycles. The Labute approximate surface area is 191 Å². The van der Waals surface area contributed by atoms with E-state index in [1.807, 2.05) is 0 Å². The molecule has 0 amide bonds. The van der Waals surface area contributed by atoms with Gasteiger partial charge in [-0.1, -0.05) is 6.07 Å². The van der Waals surface area contributed by atoms with Gasteiger partial charge in [-0.15, -0.1) is 0 Å². The number of hydrogen-bond acceptors (Lipinski definition) is 7. The standard InChI is InChI=1S/C21H18F4N4O4S/c1-33-16-7-5-12(22)9-14(16)20-15(21(23,24)25)6-8-17(26-20)28-34(31,32)19-4-2-3-18(27-19)29-10-13(30)11-29/h2-9,13,30H,10-11H2,1H3,(H,26,28). The molecule has 1 saturated heterocycles.